The molecule has 2 unspecified atom stereocenters. The zero-order valence-electron chi connectivity index (χ0n) is 14.6. The van der Waals surface area contributed by atoms with Crippen molar-refractivity contribution < 1.29 is 9.53 Å². The summed E-state index contributed by atoms with van der Waals surface area (Å²) in [6.07, 6.45) is 9.85. The number of hydrogen-bond acceptors (Lipinski definition) is 2. The summed E-state index contributed by atoms with van der Waals surface area (Å²) in [5.74, 6) is 1.48. The minimum atomic E-state index is -0.0249. The van der Waals surface area contributed by atoms with Crippen LogP contribution >= 0.6 is 0 Å². The van der Waals surface area contributed by atoms with Gasteiger partial charge in [0.1, 0.15) is 6.10 Å². The van der Waals surface area contributed by atoms with Gasteiger partial charge in [0, 0.05) is 5.92 Å². The fourth-order valence-electron chi connectivity index (χ4n) is 3.05. The zero-order chi connectivity index (χ0) is 16.0. The third-order valence-corrected chi connectivity index (χ3v) is 4.48. The molecule has 0 radical (unpaired) electrons. The van der Waals surface area contributed by atoms with E-state index in [0.29, 0.717) is 17.8 Å². The topological polar surface area (TPSA) is 26.3 Å². The van der Waals surface area contributed by atoms with E-state index in [4.69, 9.17) is 4.74 Å². The Kier molecular flexibility index (Phi) is 7.21. The lowest BCUT2D eigenvalue weighted by Crippen LogP contribution is -2.36. The van der Waals surface area contributed by atoms with Gasteiger partial charge in [0.25, 0.3) is 0 Å². The van der Waals surface area contributed by atoms with Crippen molar-refractivity contribution in [3.63, 3.8) is 0 Å². The molecule has 0 fully saturated rings. The normalized spacial score (nSPS) is 32.2. The number of hydrogen-bond donors (Lipinski definition) is 0. The van der Waals surface area contributed by atoms with Gasteiger partial charge in [-0.3, -0.25) is 4.79 Å². The SMILES string of the molecule is CC.CC[C@H](C)C(=O)O[C@H]1C[C@@H](C)C=C2C=CC(C)CC21. The summed E-state index contributed by atoms with van der Waals surface area (Å²) >= 11 is 0. The predicted molar refractivity (Wildman–Crippen MR) is 89.0 cm³/mol. The Bertz CT molecular complexity index is 394. The molecular formula is C19H32O2. The lowest BCUT2D eigenvalue weighted by molar-refractivity contribution is -0.157. The van der Waals surface area contributed by atoms with E-state index >= 15 is 0 Å². The molecule has 21 heavy (non-hydrogen) atoms. The smallest absolute Gasteiger partial charge is 0.308 e. The Balaban J connectivity index is 0.00000106. The molecule has 2 heteroatoms. The largest absolute Gasteiger partial charge is 0.461 e. The van der Waals surface area contributed by atoms with Gasteiger partial charge >= 0.3 is 5.97 Å². The lowest BCUT2D eigenvalue weighted by Gasteiger charge is -2.37. The van der Waals surface area contributed by atoms with E-state index < -0.39 is 0 Å². The average Bonchev–Trinajstić information content (AvgIpc) is 2.49. The van der Waals surface area contributed by atoms with Crippen LogP contribution in [0.5, 0.6) is 0 Å². The van der Waals surface area contributed by atoms with Crippen LogP contribution in [0.2, 0.25) is 0 Å². The summed E-state index contributed by atoms with van der Waals surface area (Å²) in [5, 5.41) is 0. The summed E-state index contributed by atoms with van der Waals surface area (Å²) in [4.78, 5) is 12.0. The molecule has 0 bridgehead atoms. The molecule has 0 aromatic rings. The molecule has 0 aromatic heterocycles. The molecule has 2 aliphatic rings. The first-order valence-corrected chi connectivity index (χ1v) is 8.61. The third kappa shape index (κ3) is 4.72. The van der Waals surface area contributed by atoms with E-state index in [0.717, 1.165) is 19.3 Å². The van der Waals surface area contributed by atoms with E-state index in [9.17, 15) is 4.79 Å². The average molecular weight is 292 g/mol. The number of rotatable bonds is 3. The minimum Gasteiger partial charge on any atom is -0.461 e. The third-order valence-electron chi connectivity index (χ3n) is 4.48. The maximum Gasteiger partial charge on any atom is 0.308 e. The molecule has 120 valence electrons. The molecule has 0 heterocycles. The van der Waals surface area contributed by atoms with Crippen molar-refractivity contribution in [2.24, 2.45) is 23.7 Å². The number of carbonyl (C=O) groups is 1. The number of carbonyl (C=O) groups excluding carboxylic acids is 1. The van der Waals surface area contributed by atoms with Crippen molar-refractivity contribution in [3.05, 3.63) is 23.8 Å². The Labute approximate surface area is 130 Å². The van der Waals surface area contributed by atoms with Crippen molar-refractivity contribution in [2.45, 2.75) is 66.9 Å². The highest BCUT2D eigenvalue weighted by molar-refractivity contribution is 5.72. The lowest BCUT2D eigenvalue weighted by atomic mass is 9.73. The van der Waals surface area contributed by atoms with Crippen molar-refractivity contribution in [1.29, 1.82) is 0 Å². The Hall–Kier alpha value is -1.05. The van der Waals surface area contributed by atoms with Crippen LogP contribution in [0.25, 0.3) is 0 Å². The molecule has 0 spiro atoms. The highest BCUT2D eigenvalue weighted by Crippen LogP contribution is 2.39. The van der Waals surface area contributed by atoms with Crippen LogP contribution in [0.3, 0.4) is 0 Å². The zero-order valence-corrected chi connectivity index (χ0v) is 14.6. The number of allylic oxidation sites excluding steroid dienone is 3. The number of esters is 1. The van der Waals surface area contributed by atoms with Gasteiger partial charge in [-0.1, -0.05) is 59.8 Å². The van der Waals surface area contributed by atoms with Crippen LogP contribution in [-0.4, -0.2) is 12.1 Å². The second-order valence-corrected chi connectivity index (χ2v) is 6.34. The predicted octanol–water partition coefficient (Wildman–Crippen LogP) is 5.15. The van der Waals surface area contributed by atoms with Gasteiger partial charge < -0.3 is 4.74 Å². The second-order valence-electron chi connectivity index (χ2n) is 6.34. The van der Waals surface area contributed by atoms with Gasteiger partial charge in [0.15, 0.2) is 0 Å². The number of ether oxygens (including phenoxy) is 1. The number of fused-ring (bicyclic) bond motifs is 1. The molecule has 0 saturated heterocycles. The maximum absolute atomic E-state index is 12.0. The van der Waals surface area contributed by atoms with Gasteiger partial charge in [-0.2, -0.15) is 0 Å². The highest BCUT2D eigenvalue weighted by Gasteiger charge is 2.35. The molecule has 0 aliphatic heterocycles. The van der Waals surface area contributed by atoms with Gasteiger partial charge in [-0.25, -0.2) is 0 Å². The van der Waals surface area contributed by atoms with Crippen LogP contribution in [0.15, 0.2) is 23.8 Å². The second kappa shape index (κ2) is 8.41. The molecule has 5 atom stereocenters. The van der Waals surface area contributed by atoms with Gasteiger partial charge in [0.05, 0.1) is 5.92 Å². The molecular weight excluding hydrogens is 260 g/mol. The summed E-state index contributed by atoms with van der Waals surface area (Å²) < 4.78 is 5.82. The molecule has 2 aliphatic carbocycles. The van der Waals surface area contributed by atoms with Crippen molar-refractivity contribution in [2.75, 3.05) is 0 Å². The van der Waals surface area contributed by atoms with Crippen LogP contribution in [-0.2, 0) is 9.53 Å². The summed E-state index contributed by atoms with van der Waals surface area (Å²) in [6, 6.07) is 0. The van der Waals surface area contributed by atoms with E-state index in [1.54, 1.807) is 0 Å². The van der Waals surface area contributed by atoms with Crippen LogP contribution in [0, 0.1) is 23.7 Å². The van der Waals surface area contributed by atoms with E-state index in [1.165, 1.54) is 5.57 Å². The summed E-state index contributed by atoms with van der Waals surface area (Å²) in [7, 11) is 0. The molecule has 0 aromatic carbocycles. The van der Waals surface area contributed by atoms with Crippen LogP contribution < -0.4 is 0 Å². The summed E-state index contributed by atoms with van der Waals surface area (Å²) in [5.41, 5.74) is 1.37. The summed E-state index contributed by atoms with van der Waals surface area (Å²) in [6.45, 7) is 12.4. The fraction of sp³-hybridized carbons (Fsp3) is 0.737. The molecule has 2 nitrogen and oxygen atoms in total. The Morgan fingerprint density at radius 1 is 1.29 bits per heavy atom. The van der Waals surface area contributed by atoms with Crippen LogP contribution in [0.4, 0.5) is 0 Å². The standard InChI is InChI=1S/C17H26O2.C2H6/c1-5-13(4)17(18)19-16-10-12(3)8-14-7-6-11(2)9-15(14)16;1-2/h6-8,11-13,15-16H,5,9-10H2,1-4H3;1-2H3/t11?,12-,13-,15?,16-;/m0./s1. The monoisotopic (exact) mass is 292 g/mol. The van der Waals surface area contributed by atoms with E-state index in [-0.39, 0.29) is 18.0 Å². The van der Waals surface area contributed by atoms with E-state index in [1.807, 2.05) is 27.7 Å². The van der Waals surface area contributed by atoms with Gasteiger partial charge in [-0.15, -0.1) is 0 Å². The maximum atomic E-state index is 12.0. The van der Waals surface area contributed by atoms with E-state index in [2.05, 4.69) is 32.1 Å². The van der Waals surface area contributed by atoms with Crippen molar-refractivity contribution in [1.82, 2.24) is 0 Å². The Morgan fingerprint density at radius 2 is 1.95 bits per heavy atom. The first-order valence-electron chi connectivity index (χ1n) is 8.61. The fourth-order valence-corrected chi connectivity index (χ4v) is 3.05. The Morgan fingerprint density at radius 3 is 2.57 bits per heavy atom. The first kappa shape index (κ1) is 18.0. The van der Waals surface area contributed by atoms with Crippen molar-refractivity contribution in [3.8, 4) is 0 Å². The van der Waals surface area contributed by atoms with Crippen LogP contribution in [0.1, 0.15) is 60.8 Å². The molecule has 0 N–H and O–H groups in total. The quantitative estimate of drug-likeness (QED) is 0.672. The van der Waals surface area contributed by atoms with Crippen molar-refractivity contribution >= 4 is 5.97 Å². The van der Waals surface area contributed by atoms with Gasteiger partial charge in [0.2, 0.25) is 0 Å². The highest BCUT2D eigenvalue weighted by atomic mass is 16.5. The molecule has 2 rings (SSSR count). The molecule has 0 amide bonds. The minimum absolute atomic E-state index is 0.0150. The molecule has 0 saturated carbocycles. The van der Waals surface area contributed by atoms with Gasteiger partial charge in [-0.05, 0) is 36.7 Å². The first-order chi connectivity index (χ1) is 10.0.